The van der Waals surface area contributed by atoms with Gasteiger partial charge in [-0.3, -0.25) is 4.90 Å². The maximum Gasteiger partial charge on any atom is 0.224 e. The summed E-state index contributed by atoms with van der Waals surface area (Å²) in [5, 5.41) is 9.91. The lowest BCUT2D eigenvalue weighted by Crippen LogP contribution is -2.39. The highest BCUT2D eigenvalue weighted by Gasteiger charge is 2.33. The van der Waals surface area contributed by atoms with Gasteiger partial charge in [-0.25, -0.2) is 9.37 Å². The minimum Gasteiger partial charge on any atom is -0.351 e. The first-order valence-electron chi connectivity index (χ1n) is 9.03. The lowest BCUT2D eigenvalue weighted by Gasteiger charge is -2.27. The standard InChI is InChI=1S/C20H19FN6/c21-15-8-4-5-9-16(15)24-20-25-17-12-22-19(23-13-10-11-13)26-18(17)27(20)14-6-2-1-3-7-14/h1-9,12-13,20,24-25H,10-11H2,(H,22,23,26). The zero-order chi connectivity index (χ0) is 18.2. The van der Waals surface area contributed by atoms with E-state index < -0.39 is 0 Å². The van der Waals surface area contributed by atoms with Gasteiger partial charge >= 0.3 is 0 Å². The number of hydrogen-bond acceptors (Lipinski definition) is 6. The number of rotatable bonds is 5. The fourth-order valence-electron chi connectivity index (χ4n) is 3.16. The molecule has 5 rings (SSSR count). The molecule has 136 valence electrons. The second-order valence-corrected chi connectivity index (χ2v) is 6.73. The van der Waals surface area contributed by atoms with Crippen LogP contribution in [0.3, 0.4) is 0 Å². The lowest BCUT2D eigenvalue weighted by atomic mass is 10.3. The van der Waals surface area contributed by atoms with Gasteiger partial charge in [-0.2, -0.15) is 4.98 Å². The van der Waals surface area contributed by atoms with Crippen molar-refractivity contribution in [3.8, 4) is 0 Å². The molecule has 0 saturated heterocycles. The van der Waals surface area contributed by atoms with Gasteiger partial charge in [0.1, 0.15) is 5.82 Å². The van der Waals surface area contributed by atoms with Crippen LogP contribution in [0.2, 0.25) is 0 Å². The van der Waals surface area contributed by atoms with Crippen molar-refractivity contribution in [3.63, 3.8) is 0 Å². The van der Waals surface area contributed by atoms with E-state index in [1.165, 1.54) is 6.07 Å². The Bertz CT molecular complexity index is 960. The Balaban J connectivity index is 1.52. The van der Waals surface area contributed by atoms with Gasteiger partial charge in [0.2, 0.25) is 5.95 Å². The minimum atomic E-state index is -0.384. The topological polar surface area (TPSA) is 65.1 Å². The van der Waals surface area contributed by atoms with Crippen LogP contribution in [0, 0.1) is 5.82 Å². The van der Waals surface area contributed by atoms with Gasteiger partial charge in [0, 0.05) is 11.7 Å². The minimum absolute atomic E-state index is 0.301. The van der Waals surface area contributed by atoms with Gasteiger partial charge in [-0.1, -0.05) is 30.3 Å². The summed E-state index contributed by atoms with van der Waals surface area (Å²) in [6.45, 7) is 0. The molecule has 0 radical (unpaired) electrons. The van der Waals surface area contributed by atoms with Crippen molar-refractivity contribution in [2.75, 3.05) is 20.9 Å². The zero-order valence-electron chi connectivity index (χ0n) is 14.6. The fraction of sp³-hybridized carbons (Fsp3) is 0.200. The van der Waals surface area contributed by atoms with E-state index in [4.69, 9.17) is 4.98 Å². The van der Waals surface area contributed by atoms with Crippen LogP contribution in [-0.4, -0.2) is 22.3 Å². The predicted molar refractivity (Wildman–Crippen MR) is 105 cm³/mol. The number of fused-ring (bicyclic) bond motifs is 1. The van der Waals surface area contributed by atoms with E-state index >= 15 is 0 Å². The Morgan fingerprint density at radius 3 is 2.56 bits per heavy atom. The van der Waals surface area contributed by atoms with Gasteiger partial charge in [-0.15, -0.1) is 0 Å². The third-order valence-electron chi connectivity index (χ3n) is 4.66. The first kappa shape index (κ1) is 15.9. The number of para-hydroxylation sites is 2. The molecule has 3 aromatic rings. The average Bonchev–Trinajstić information content (AvgIpc) is 3.43. The van der Waals surface area contributed by atoms with Gasteiger partial charge in [0.25, 0.3) is 0 Å². The summed E-state index contributed by atoms with van der Waals surface area (Å²) < 4.78 is 14.2. The summed E-state index contributed by atoms with van der Waals surface area (Å²) in [6.07, 6.45) is 3.69. The second kappa shape index (κ2) is 6.42. The number of anilines is 5. The molecule has 1 aliphatic heterocycles. The summed E-state index contributed by atoms with van der Waals surface area (Å²) >= 11 is 0. The van der Waals surface area contributed by atoms with E-state index in [0.29, 0.717) is 17.7 Å². The SMILES string of the molecule is Fc1ccccc1NC1Nc2cnc(NC3CC3)nc2N1c1ccccc1. The molecule has 6 nitrogen and oxygen atoms in total. The molecular formula is C20H19FN6. The summed E-state index contributed by atoms with van der Waals surface area (Å²) in [5.41, 5.74) is 2.18. The summed E-state index contributed by atoms with van der Waals surface area (Å²) in [5.74, 6) is 1.07. The van der Waals surface area contributed by atoms with Gasteiger partial charge in [0.15, 0.2) is 12.1 Å². The Labute approximate surface area is 156 Å². The maximum atomic E-state index is 14.2. The highest BCUT2D eigenvalue weighted by Crippen LogP contribution is 2.39. The van der Waals surface area contributed by atoms with Crippen LogP contribution in [-0.2, 0) is 0 Å². The molecule has 1 saturated carbocycles. The first-order chi connectivity index (χ1) is 13.3. The van der Waals surface area contributed by atoms with Crippen molar-refractivity contribution in [1.82, 2.24) is 9.97 Å². The Morgan fingerprint density at radius 1 is 1.00 bits per heavy atom. The number of aromatic nitrogens is 2. The van der Waals surface area contributed by atoms with E-state index in [9.17, 15) is 4.39 Å². The molecule has 1 aliphatic carbocycles. The lowest BCUT2D eigenvalue weighted by molar-refractivity contribution is 0.627. The van der Waals surface area contributed by atoms with Gasteiger partial charge in [-0.05, 0) is 37.1 Å². The molecular weight excluding hydrogens is 343 g/mol. The normalized spacial score (nSPS) is 18.0. The number of halogens is 1. The number of hydrogen-bond donors (Lipinski definition) is 3. The molecule has 2 heterocycles. The average molecular weight is 362 g/mol. The number of benzene rings is 2. The summed E-state index contributed by atoms with van der Waals surface area (Å²) in [4.78, 5) is 11.1. The first-order valence-corrected chi connectivity index (χ1v) is 9.03. The van der Waals surface area contributed by atoms with Crippen LogP contribution in [0.1, 0.15) is 12.8 Å². The van der Waals surface area contributed by atoms with Crippen LogP contribution in [0.15, 0.2) is 60.8 Å². The van der Waals surface area contributed by atoms with Crippen molar-refractivity contribution in [2.45, 2.75) is 25.2 Å². The van der Waals surface area contributed by atoms with E-state index in [-0.39, 0.29) is 12.1 Å². The largest absolute Gasteiger partial charge is 0.351 e. The van der Waals surface area contributed by atoms with Crippen LogP contribution < -0.4 is 20.9 Å². The van der Waals surface area contributed by atoms with Crippen LogP contribution in [0.5, 0.6) is 0 Å². The van der Waals surface area contributed by atoms with Gasteiger partial charge < -0.3 is 16.0 Å². The molecule has 1 fully saturated rings. The fourth-order valence-corrected chi connectivity index (χ4v) is 3.16. The van der Waals surface area contributed by atoms with Crippen molar-refractivity contribution < 1.29 is 4.39 Å². The molecule has 0 bridgehead atoms. The predicted octanol–water partition coefficient (Wildman–Crippen LogP) is 4.15. The van der Waals surface area contributed by atoms with Crippen LogP contribution in [0.4, 0.5) is 33.2 Å². The number of nitrogens with zero attached hydrogens (tertiary/aromatic N) is 3. The quantitative estimate of drug-likeness (QED) is 0.634. The highest BCUT2D eigenvalue weighted by molar-refractivity contribution is 5.80. The highest BCUT2D eigenvalue weighted by atomic mass is 19.1. The molecule has 2 aliphatic rings. The molecule has 3 N–H and O–H groups in total. The summed E-state index contributed by atoms with van der Waals surface area (Å²) in [7, 11) is 0. The van der Waals surface area contributed by atoms with Crippen molar-refractivity contribution in [3.05, 3.63) is 66.6 Å². The zero-order valence-corrected chi connectivity index (χ0v) is 14.6. The molecule has 1 atom stereocenters. The maximum absolute atomic E-state index is 14.2. The molecule has 27 heavy (non-hydrogen) atoms. The molecule has 1 unspecified atom stereocenters. The van der Waals surface area contributed by atoms with Crippen molar-refractivity contribution >= 4 is 28.8 Å². The van der Waals surface area contributed by atoms with E-state index in [1.54, 1.807) is 24.4 Å². The van der Waals surface area contributed by atoms with Crippen molar-refractivity contribution in [1.29, 1.82) is 0 Å². The van der Waals surface area contributed by atoms with Crippen LogP contribution >= 0.6 is 0 Å². The van der Waals surface area contributed by atoms with Gasteiger partial charge in [0.05, 0.1) is 17.6 Å². The molecule has 0 amide bonds. The van der Waals surface area contributed by atoms with E-state index in [0.717, 1.165) is 30.0 Å². The monoisotopic (exact) mass is 362 g/mol. The van der Waals surface area contributed by atoms with Crippen LogP contribution in [0.25, 0.3) is 0 Å². The smallest absolute Gasteiger partial charge is 0.224 e. The third kappa shape index (κ3) is 3.12. The summed E-state index contributed by atoms with van der Waals surface area (Å²) in [6, 6.07) is 17.0. The van der Waals surface area contributed by atoms with Crippen molar-refractivity contribution in [2.24, 2.45) is 0 Å². The molecule has 0 spiro atoms. The number of nitrogens with one attached hydrogen (secondary N) is 3. The Morgan fingerprint density at radius 2 is 1.78 bits per heavy atom. The molecule has 2 aromatic carbocycles. The Hall–Kier alpha value is -3.35. The Kier molecular flexibility index (Phi) is 3.78. The van der Waals surface area contributed by atoms with E-state index in [2.05, 4.69) is 20.9 Å². The second-order valence-electron chi connectivity index (χ2n) is 6.73. The van der Waals surface area contributed by atoms with E-state index in [1.807, 2.05) is 35.2 Å². The third-order valence-corrected chi connectivity index (χ3v) is 4.66. The molecule has 7 heteroatoms. The molecule has 1 aromatic heterocycles.